The molecule has 5 heteroatoms. The van der Waals surface area contributed by atoms with Gasteiger partial charge in [0.15, 0.2) is 0 Å². The van der Waals surface area contributed by atoms with E-state index in [1.165, 1.54) is 0 Å². The van der Waals surface area contributed by atoms with E-state index in [1.807, 2.05) is 0 Å². The van der Waals surface area contributed by atoms with Crippen LogP contribution in [0.5, 0.6) is 5.75 Å². The molecular formula is C14H21N3O2. The van der Waals surface area contributed by atoms with Gasteiger partial charge in [-0.05, 0) is 44.6 Å². The molecule has 2 rings (SSSR count). The smallest absolute Gasteiger partial charge is 0.255 e. The number of nitrogens with two attached hydrogens (primary N) is 1. The molecule has 0 aromatic heterocycles. The molecule has 1 fully saturated rings. The first-order valence-corrected chi connectivity index (χ1v) is 6.53. The van der Waals surface area contributed by atoms with Crippen molar-refractivity contribution in [2.75, 3.05) is 33.0 Å². The number of amides is 1. The molecule has 1 aliphatic rings. The van der Waals surface area contributed by atoms with Crippen LogP contribution in [0.4, 0.5) is 5.69 Å². The Kier molecular flexibility index (Phi) is 4.27. The minimum atomic E-state index is -0.121. The highest BCUT2D eigenvalue weighted by molar-refractivity contribution is 5.98. The number of piperidine rings is 1. The van der Waals surface area contributed by atoms with Crippen LogP contribution in [-0.2, 0) is 0 Å². The molecule has 5 nitrogen and oxygen atoms in total. The van der Waals surface area contributed by atoms with Gasteiger partial charge in [-0.1, -0.05) is 0 Å². The van der Waals surface area contributed by atoms with Crippen molar-refractivity contribution in [3.05, 3.63) is 23.8 Å². The number of nitrogens with zero attached hydrogens (tertiary/aromatic N) is 1. The number of methoxy groups -OCH3 is 1. The lowest BCUT2D eigenvalue weighted by Gasteiger charge is -2.30. The number of anilines is 1. The number of carbonyl (C=O) groups is 1. The van der Waals surface area contributed by atoms with E-state index in [9.17, 15) is 4.79 Å². The zero-order chi connectivity index (χ0) is 13.8. The largest absolute Gasteiger partial charge is 0.496 e. The third-order valence-electron chi connectivity index (χ3n) is 3.43. The summed E-state index contributed by atoms with van der Waals surface area (Å²) < 4.78 is 5.20. The Morgan fingerprint density at radius 3 is 3.00 bits per heavy atom. The van der Waals surface area contributed by atoms with Gasteiger partial charge in [-0.3, -0.25) is 4.79 Å². The highest BCUT2D eigenvalue weighted by atomic mass is 16.5. The number of likely N-dealkylation sites (tertiary alicyclic amines) is 1. The number of benzene rings is 1. The molecule has 1 saturated heterocycles. The maximum Gasteiger partial charge on any atom is 0.255 e. The Balaban J connectivity index is 2.09. The van der Waals surface area contributed by atoms with Gasteiger partial charge >= 0.3 is 0 Å². The fourth-order valence-corrected chi connectivity index (χ4v) is 2.45. The summed E-state index contributed by atoms with van der Waals surface area (Å²) in [5, 5.41) is 3.05. The summed E-state index contributed by atoms with van der Waals surface area (Å²) in [6.45, 7) is 1.98. The molecule has 1 amide bonds. The van der Waals surface area contributed by atoms with Gasteiger partial charge < -0.3 is 20.7 Å². The summed E-state index contributed by atoms with van der Waals surface area (Å²) in [6, 6.07) is 5.29. The van der Waals surface area contributed by atoms with Crippen LogP contribution >= 0.6 is 0 Å². The summed E-state index contributed by atoms with van der Waals surface area (Å²) in [5.41, 5.74) is 6.79. The van der Waals surface area contributed by atoms with Crippen molar-refractivity contribution < 1.29 is 9.53 Å². The molecule has 104 valence electrons. The second-order valence-corrected chi connectivity index (χ2v) is 5.03. The number of likely N-dealkylation sites (N-methyl/N-ethyl adjacent to an activating group) is 1. The van der Waals surface area contributed by atoms with Crippen LogP contribution < -0.4 is 15.8 Å². The van der Waals surface area contributed by atoms with E-state index >= 15 is 0 Å². The SMILES string of the molecule is COc1ccc(N)cc1C(=O)NC1CCCN(C)C1. The molecule has 0 spiro atoms. The molecule has 1 heterocycles. The van der Waals surface area contributed by atoms with Crippen LogP contribution in [-0.4, -0.2) is 44.1 Å². The van der Waals surface area contributed by atoms with Gasteiger partial charge in [-0.2, -0.15) is 0 Å². The normalized spacial score (nSPS) is 20.0. The van der Waals surface area contributed by atoms with E-state index in [4.69, 9.17) is 10.5 Å². The molecule has 19 heavy (non-hydrogen) atoms. The zero-order valence-electron chi connectivity index (χ0n) is 11.5. The van der Waals surface area contributed by atoms with Crippen molar-refractivity contribution in [1.82, 2.24) is 10.2 Å². The summed E-state index contributed by atoms with van der Waals surface area (Å²) in [4.78, 5) is 14.5. The van der Waals surface area contributed by atoms with Gasteiger partial charge in [0, 0.05) is 18.3 Å². The first-order valence-electron chi connectivity index (χ1n) is 6.53. The maximum absolute atomic E-state index is 12.3. The standard InChI is InChI=1S/C14H21N3O2/c1-17-7-3-4-11(9-17)16-14(18)12-8-10(15)5-6-13(12)19-2/h5-6,8,11H,3-4,7,9,15H2,1-2H3,(H,16,18). The van der Waals surface area contributed by atoms with Gasteiger partial charge in [0.05, 0.1) is 12.7 Å². The lowest BCUT2D eigenvalue weighted by atomic mass is 10.1. The molecule has 0 aliphatic carbocycles. The fourth-order valence-electron chi connectivity index (χ4n) is 2.45. The van der Waals surface area contributed by atoms with Crippen LogP contribution in [0.1, 0.15) is 23.2 Å². The van der Waals surface area contributed by atoms with Gasteiger partial charge in [0.1, 0.15) is 5.75 Å². The van der Waals surface area contributed by atoms with Crippen LogP contribution in [0.2, 0.25) is 0 Å². The molecule has 0 radical (unpaired) electrons. The number of carbonyl (C=O) groups excluding carboxylic acids is 1. The minimum Gasteiger partial charge on any atom is -0.496 e. The Hall–Kier alpha value is -1.75. The first kappa shape index (κ1) is 13.7. The summed E-state index contributed by atoms with van der Waals surface area (Å²) in [6.07, 6.45) is 2.12. The zero-order valence-corrected chi connectivity index (χ0v) is 11.5. The minimum absolute atomic E-state index is 0.121. The number of rotatable bonds is 3. The van der Waals surface area contributed by atoms with E-state index in [2.05, 4.69) is 17.3 Å². The fraction of sp³-hybridized carbons (Fsp3) is 0.500. The predicted molar refractivity (Wildman–Crippen MR) is 75.4 cm³/mol. The van der Waals surface area contributed by atoms with Crippen LogP contribution in [0.3, 0.4) is 0 Å². The Morgan fingerprint density at radius 1 is 1.53 bits per heavy atom. The topological polar surface area (TPSA) is 67.6 Å². The molecule has 3 N–H and O–H groups in total. The predicted octanol–water partition coefficient (Wildman–Crippen LogP) is 1.10. The lowest BCUT2D eigenvalue weighted by Crippen LogP contribution is -2.46. The third kappa shape index (κ3) is 3.38. The maximum atomic E-state index is 12.3. The van der Waals surface area contributed by atoms with Crippen LogP contribution in [0, 0.1) is 0 Å². The summed E-state index contributed by atoms with van der Waals surface area (Å²) in [5.74, 6) is 0.431. The molecule has 0 saturated carbocycles. The van der Waals surface area contributed by atoms with Gasteiger partial charge in [-0.15, -0.1) is 0 Å². The van der Waals surface area contributed by atoms with Gasteiger partial charge in [0.2, 0.25) is 0 Å². The van der Waals surface area contributed by atoms with Crippen LogP contribution in [0.25, 0.3) is 0 Å². The van der Waals surface area contributed by atoms with Crippen molar-refractivity contribution >= 4 is 11.6 Å². The lowest BCUT2D eigenvalue weighted by molar-refractivity contribution is 0.0909. The number of nitrogens with one attached hydrogen (secondary N) is 1. The number of hydrogen-bond donors (Lipinski definition) is 2. The summed E-state index contributed by atoms with van der Waals surface area (Å²) >= 11 is 0. The van der Waals surface area contributed by atoms with Crippen LogP contribution in [0.15, 0.2) is 18.2 Å². The first-order chi connectivity index (χ1) is 9.10. The van der Waals surface area contributed by atoms with Crippen molar-refractivity contribution in [3.8, 4) is 5.75 Å². The quantitative estimate of drug-likeness (QED) is 0.801. The number of ether oxygens (including phenoxy) is 1. The van der Waals surface area contributed by atoms with E-state index in [-0.39, 0.29) is 11.9 Å². The van der Waals surface area contributed by atoms with Gasteiger partial charge in [-0.25, -0.2) is 0 Å². The average molecular weight is 263 g/mol. The Labute approximate surface area is 113 Å². The van der Waals surface area contributed by atoms with E-state index in [1.54, 1.807) is 25.3 Å². The van der Waals surface area contributed by atoms with E-state index in [0.717, 1.165) is 25.9 Å². The molecular weight excluding hydrogens is 242 g/mol. The highest BCUT2D eigenvalue weighted by Crippen LogP contribution is 2.21. The Bertz CT molecular complexity index is 462. The van der Waals surface area contributed by atoms with Crippen molar-refractivity contribution in [2.45, 2.75) is 18.9 Å². The second kappa shape index (κ2) is 5.93. The van der Waals surface area contributed by atoms with Crippen molar-refractivity contribution in [3.63, 3.8) is 0 Å². The molecule has 1 aliphatic heterocycles. The monoisotopic (exact) mass is 263 g/mol. The molecule has 1 aromatic rings. The van der Waals surface area contributed by atoms with Crippen molar-refractivity contribution in [2.24, 2.45) is 0 Å². The summed E-state index contributed by atoms with van der Waals surface area (Å²) in [7, 11) is 3.62. The molecule has 0 bridgehead atoms. The van der Waals surface area contributed by atoms with Gasteiger partial charge in [0.25, 0.3) is 5.91 Å². The molecule has 1 aromatic carbocycles. The highest BCUT2D eigenvalue weighted by Gasteiger charge is 2.21. The average Bonchev–Trinajstić information content (AvgIpc) is 2.38. The van der Waals surface area contributed by atoms with Crippen molar-refractivity contribution in [1.29, 1.82) is 0 Å². The second-order valence-electron chi connectivity index (χ2n) is 5.03. The Morgan fingerprint density at radius 2 is 2.32 bits per heavy atom. The molecule has 1 atom stereocenters. The third-order valence-corrected chi connectivity index (χ3v) is 3.43. The number of hydrogen-bond acceptors (Lipinski definition) is 4. The van der Waals surface area contributed by atoms with E-state index < -0.39 is 0 Å². The number of nitrogen functional groups attached to an aromatic ring is 1. The van der Waals surface area contributed by atoms with E-state index in [0.29, 0.717) is 17.0 Å². The molecule has 1 unspecified atom stereocenters.